The molecule has 4 nitrogen and oxygen atoms in total. The first-order valence-electron chi connectivity index (χ1n) is 6.51. The van der Waals surface area contributed by atoms with E-state index in [0.29, 0.717) is 0 Å². The van der Waals surface area contributed by atoms with Crippen LogP contribution in [0.1, 0.15) is 33.1 Å². The maximum absolute atomic E-state index is 11.6. The molecule has 0 aromatic carbocycles. The highest BCUT2D eigenvalue weighted by atomic mass is 16.2. The quantitative estimate of drug-likeness (QED) is 0.746. The van der Waals surface area contributed by atoms with E-state index in [9.17, 15) is 4.79 Å². The minimum Gasteiger partial charge on any atom is -0.338 e. The Morgan fingerprint density at radius 1 is 1.31 bits per heavy atom. The number of hydrogen-bond donors (Lipinski definition) is 2. The van der Waals surface area contributed by atoms with Gasteiger partial charge < -0.3 is 15.5 Å². The van der Waals surface area contributed by atoms with Gasteiger partial charge in [-0.2, -0.15) is 0 Å². The predicted molar refractivity (Wildman–Crippen MR) is 66.5 cm³/mol. The molecule has 2 amide bonds. The number of nitrogens with one attached hydrogen (secondary N) is 2. The van der Waals surface area contributed by atoms with Crippen molar-refractivity contribution in [2.75, 3.05) is 32.7 Å². The number of nitrogens with zero attached hydrogens (tertiary/aromatic N) is 1. The number of rotatable bonds is 5. The Kier molecular flexibility index (Phi) is 6.23. The topological polar surface area (TPSA) is 44.4 Å². The monoisotopic (exact) mass is 227 g/mol. The van der Waals surface area contributed by atoms with Crippen LogP contribution in [-0.4, -0.2) is 43.7 Å². The van der Waals surface area contributed by atoms with Gasteiger partial charge in [-0.25, -0.2) is 4.79 Å². The maximum atomic E-state index is 11.6. The van der Waals surface area contributed by atoms with Gasteiger partial charge in [-0.15, -0.1) is 0 Å². The predicted octanol–water partition coefficient (Wildman–Crippen LogP) is 1.43. The fraction of sp³-hybridized carbons (Fsp3) is 0.917. The molecule has 1 fully saturated rings. The summed E-state index contributed by atoms with van der Waals surface area (Å²) in [5.74, 6) is 0.790. The molecular weight excluding hydrogens is 202 g/mol. The summed E-state index contributed by atoms with van der Waals surface area (Å²) in [5, 5.41) is 6.35. The molecule has 4 heteroatoms. The third-order valence-corrected chi connectivity index (χ3v) is 3.34. The van der Waals surface area contributed by atoms with Gasteiger partial charge in [-0.3, -0.25) is 0 Å². The van der Waals surface area contributed by atoms with E-state index in [1.807, 2.05) is 18.7 Å². The molecular formula is C12H25N3O. The Labute approximate surface area is 98.8 Å². The summed E-state index contributed by atoms with van der Waals surface area (Å²) in [6.07, 6.45) is 3.62. The van der Waals surface area contributed by atoms with Crippen LogP contribution in [0.25, 0.3) is 0 Å². The number of urea groups is 1. The fourth-order valence-electron chi connectivity index (χ4n) is 2.18. The zero-order chi connectivity index (χ0) is 11.8. The Balaban J connectivity index is 2.11. The molecule has 2 N–H and O–H groups in total. The second-order valence-electron chi connectivity index (χ2n) is 4.39. The van der Waals surface area contributed by atoms with Gasteiger partial charge in [0.1, 0.15) is 0 Å². The standard InChI is InChI=1S/C12H25N3O/c1-3-15(4-2)12(16)14-10-7-11-5-8-13-9-6-11/h11,13H,3-10H2,1-2H3,(H,14,16). The molecule has 0 aliphatic carbocycles. The van der Waals surface area contributed by atoms with Crippen LogP contribution in [-0.2, 0) is 0 Å². The van der Waals surface area contributed by atoms with Gasteiger partial charge in [0.15, 0.2) is 0 Å². The van der Waals surface area contributed by atoms with E-state index in [1.165, 1.54) is 12.8 Å². The summed E-state index contributed by atoms with van der Waals surface area (Å²) in [4.78, 5) is 13.5. The summed E-state index contributed by atoms with van der Waals surface area (Å²) in [5.41, 5.74) is 0. The van der Waals surface area contributed by atoms with Gasteiger partial charge in [0.25, 0.3) is 0 Å². The molecule has 16 heavy (non-hydrogen) atoms. The van der Waals surface area contributed by atoms with E-state index in [0.717, 1.165) is 45.1 Å². The van der Waals surface area contributed by atoms with Gasteiger partial charge in [0.05, 0.1) is 0 Å². The lowest BCUT2D eigenvalue weighted by molar-refractivity contribution is 0.202. The fourth-order valence-corrected chi connectivity index (χ4v) is 2.18. The zero-order valence-corrected chi connectivity index (χ0v) is 10.6. The van der Waals surface area contributed by atoms with Crippen LogP contribution < -0.4 is 10.6 Å². The lowest BCUT2D eigenvalue weighted by atomic mass is 9.95. The number of carbonyl (C=O) groups is 1. The van der Waals surface area contributed by atoms with Gasteiger partial charge in [0, 0.05) is 19.6 Å². The summed E-state index contributed by atoms with van der Waals surface area (Å²) < 4.78 is 0. The Morgan fingerprint density at radius 2 is 1.94 bits per heavy atom. The van der Waals surface area contributed by atoms with E-state index in [-0.39, 0.29) is 6.03 Å². The van der Waals surface area contributed by atoms with E-state index < -0.39 is 0 Å². The highest BCUT2D eigenvalue weighted by molar-refractivity contribution is 5.73. The third kappa shape index (κ3) is 4.39. The van der Waals surface area contributed by atoms with Crippen LogP contribution in [0, 0.1) is 5.92 Å². The smallest absolute Gasteiger partial charge is 0.317 e. The number of hydrogen-bond acceptors (Lipinski definition) is 2. The first-order valence-corrected chi connectivity index (χ1v) is 6.51. The summed E-state index contributed by atoms with van der Waals surface area (Å²) in [7, 11) is 0. The molecule has 1 saturated heterocycles. The van der Waals surface area contributed by atoms with Gasteiger partial charge in [-0.1, -0.05) is 0 Å². The van der Waals surface area contributed by atoms with E-state index in [4.69, 9.17) is 0 Å². The van der Waals surface area contributed by atoms with E-state index >= 15 is 0 Å². The average molecular weight is 227 g/mol. The maximum Gasteiger partial charge on any atom is 0.317 e. The number of amides is 2. The van der Waals surface area contributed by atoms with Crippen LogP contribution in [0.2, 0.25) is 0 Å². The minimum atomic E-state index is 0.0823. The first-order chi connectivity index (χ1) is 7.77. The van der Waals surface area contributed by atoms with Crippen molar-refractivity contribution in [3.05, 3.63) is 0 Å². The van der Waals surface area contributed by atoms with Crippen molar-refractivity contribution in [3.8, 4) is 0 Å². The van der Waals surface area contributed by atoms with Crippen LogP contribution in [0.3, 0.4) is 0 Å². The molecule has 0 unspecified atom stereocenters. The second-order valence-corrected chi connectivity index (χ2v) is 4.39. The normalized spacial score (nSPS) is 17.1. The van der Waals surface area contributed by atoms with Crippen LogP contribution >= 0.6 is 0 Å². The van der Waals surface area contributed by atoms with Crippen molar-refractivity contribution in [1.29, 1.82) is 0 Å². The number of carbonyl (C=O) groups excluding carboxylic acids is 1. The molecule has 1 rings (SSSR count). The van der Waals surface area contributed by atoms with Crippen molar-refractivity contribution in [2.45, 2.75) is 33.1 Å². The van der Waals surface area contributed by atoms with Crippen molar-refractivity contribution in [1.82, 2.24) is 15.5 Å². The minimum absolute atomic E-state index is 0.0823. The van der Waals surface area contributed by atoms with Crippen LogP contribution in [0.4, 0.5) is 4.79 Å². The molecule has 1 heterocycles. The highest BCUT2D eigenvalue weighted by Crippen LogP contribution is 2.14. The van der Waals surface area contributed by atoms with Crippen molar-refractivity contribution in [3.63, 3.8) is 0 Å². The lowest BCUT2D eigenvalue weighted by Gasteiger charge is -2.24. The van der Waals surface area contributed by atoms with Crippen LogP contribution in [0.5, 0.6) is 0 Å². The van der Waals surface area contributed by atoms with Crippen LogP contribution in [0.15, 0.2) is 0 Å². The second kappa shape index (κ2) is 7.49. The Morgan fingerprint density at radius 3 is 2.50 bits per heavy atom. The molecule has 1 aliphatic rings. The molecule has 0 aromatic rings. The van der Waals surface area contributed by atoms with Crippen molar-refractivity contribution < 1.29 is 4.79 Å². The summed E-state index contributed by atoms with van der Waals surface area (Å²) in [6.45, 7) is 8.68. The number of piperidine rings is 1. The third-order valence-electron chi connectivity index (χ3n) is 3.34. The first kappa shape index (κ1) is 13.3. The molecule has 0 atom stereocenters. The van der Waals surface area contributed by atoms with Gasteiger partial charge >= 0.3 is 6.03 Å². The van der Waals surface area contributed by atoms with E-state index in [2.05, 4.69) is 10.6 Å². The zero-order valence-electron chi connectivity index (χ0n) is 10.6. The summed E-state index contributed by atoms with van der Waals surface area (Å²) in [6, 6.07) is 0.0823. The lowest BCUT2D eigenvalue weighted by Crippen LogP contribution is -2.40. The molecule has 0 spiro atoms. The highest BCUT2D eigenvalue weighted by Gasteiger charge is 2.13. The van der Waals surface area contributed by atoms with Gasteiger partial charge in [-0.05, 0) is 52.1 Å². The Hall–Kier alpha value is -0.770. The summed E-state index contributed by atoms with van der Waals surface area (Å²) >= 11 is 0. The molecule has 0 radical (unpaired) electrons. The molecule has 0 saturated carbocycles. The largest absolute Gasteiger partial charge is 0.338 e. The van der Waals surface area contributed by atoms with Gasteiger partial charge in [0.2, 0.25) is 0 Å². The van der Waals surface area contributed by atoms with Crippen molar-refractivity contribution in [2.24, 2.45) is 5.92 Å². The average Bonchev–Trinajstić information content (AvgIpc) is 2.32. The SMILES string of the molecule is CCN(CC)C(=O)NCCC1CCNCC1. The molecule has 0 bridgehead atoms. The van der Waals surface area contributed by atoms with E-state index in [1.54, 1.807) is 0 Å². The Bertz CT molecular complexity index is 198. The molecule has 94 valence electrons. The molecule has 1 aliphatic heterocycles. The molecule has 0 aromatic heterocycles. The van der Waals surface area contributed by atoms with Crippen molar-refractivity contribution >= 4 is 6.03 Å².